The topological polar surface area (TPSA) is 76.7 Å². The molecule has 1 aromatic heterocycles. The number of aliphatic carboxylic acids is 1. The Morgan fingerprint density at radius 2 is 2.08 bits per heavy atom. The third-order valence-corrected chi connectivity index (χ3v) is 5.32. The molecule has 1 atom stereocenters. The number of carbonyl (C=O) groups is 1. The fraction of sp³-hybridized carbons (Fsp3) is 0.588. The number of dihydropyridines is 1. The van der Waals surface area contributed by atoms with Gasteiger partial charge < -0.3 is 9.84 Å². The lowest BCUT2D eigenvalue weighted by molar-refractivity contribution is -0.132. The summed E-state index contributed by atoms with van der Waals surface area (Å²) in [5.41, 5.74) is 0.0493. The maximum Gasteiger partial charge on any atom is 0.338 e. The van der Waals surface area contributed by atoms with Crippen LogP contribution in [0.4, 0.5) is 0 Å². The minimum Gasteiger partial charge on any atom is -0.478 e. The second kappa shape index (κ2) is 6.24. The first-order valence-electron chi connectivity index (χ1n) is 8.47. The number of halogens is 1. The van der Waals surface area contributed by atoms with Crippen LogP contribution in [0.25, 0.3) is 0 Å². The van der Waals surface area contributed by atoms with Gasteiger partial charge in [0.05, 0.1) is 12.2 Å². The zero-order valence-electron chi connectivity index (χ0n) is 13.3. The molecule has 6 nitrogen and oxygen atoms in total. The molecule has 7 heteroatoms. The lowest BCUT2D eigenvalue weighted by Crippen LogP contribution is -2.18. The molecule has 2 saturated carbocycles. The molecule has 1 aliphatic heterocycles. The fourth-order valence-corrected chi connectivity index (χ4v) is 3.62. The first-order chi connectivity index (χ1) is 11.6. The van der Waals surface area contributed by atoms with Gasteiger partial charge >= 0.3 is 5.97 Å². The Kier molecular flexibility index (Phi) is 4.08. The van der Waals surface area contributed by atoms with Crippen LogP contribution in [0.5, 0.6) is 5.88 Å². The summed E-state index contributed by atoms with van der Waals surface area (Å²) >= 11 is 5.94. The van der Waals surface area contributed by atoms with Gasteiger partial charge in [0.1, 0.15) is 11.3 Å². The van der Waals surface area contributed by atoms with Gasteiger partial charge in [0.15, 0.2) is 0 Å². The maximum absolute atomic E-state index is 11.0. The van der Waals surface area contributed by atoms with Gasteiger partial charge in [-0.2, -0.15) is 0 Å². The molecule has 2 aliphatic carbocycles. The highest BCUT2D eigenvalue weighted by Crippen LogP contribution is 2.49. The third-order valence-electron chi connectivity index (χ3n) is 5.02. The van der Waals surface area contributed by atoms with Crippen LogP contribution in [0, 0.1) is 17.8 Å². The standard InChI is InChI=1S/C17H20ClN3O3/c18-16-12(17(22)23)5-6-14(19-16)21-8-7-15(20-21)24-9-13(10-1-2-10)11-3-4-11/h5,7-8,10-11,13-14H,1-4,6,9H2,(H,22,23). The van der Waals surface area contributed by atoms with Crippen LogP contribution in [0.3, 0.4) is 0 Å². The van der Waals surface area contributed by atoms with Crippen molar-refractivity contribution in [2.75, 3.05) is 6.61 Å². The van der Waals surface area contributed by atoms with Crippen molar-refractivity contribution in [1.82, 2.24) is 9.78 Å². The molecule has 1 N–H and O–H groups in total. The lowest BCUT2D eigenvalue weighted by atomic mass is 9.99. The first-order valence-corrected chi connectivity index (χ1v) is 8.84. The van der Waals surface area contributed by atoms with Crippen LogP contribution in [0.2, 0.25) is 0 Å². The Bertz CT molecular complexity index is 692. The molecule has 0 bridgehead atoms. The summed E-state index contributed by atoms with van der Waals surface area (Å²) in [6.45, 7) is 0.740. The second-order valence-electron chi connectivity index (χ2n) is 6.84. The normalized spacial score (nSPS) is 23.8. The van der Waals surface area contributed by atoms with Crippen molar-refractivity contribution in [1.29, 1.82) is 0 Å². The van der Waals surface area contributed by atoms with E-state index < -0.39 is 5.97 Å². The molecule has 24 heavy (non-hydrogen) atoms. The van der Waals surface area contributed by atoms with Gasteiger partial charge in [-0.15, -0.1) is 5.10 Å². The first kappa shape index (κ1) is 15.7. The molecule has 1 unspecified atom stereocenters. The number of carboxylic acid groups (broad SMARTS) is 1. The van der Waals surface area contributed by atoms with Crippen LogP contribution in [-0.2, 0) is 4.79 Å². The molecule has 3 aliphatic rings. The van der Waals surface area contributed by atoms with Gasteiger partial charge in [-0.05, 0) is 43.4 Å². The molecule has 0 radical (unpaired) electrons. The Labute approximate surface area is 145 Å². The molecule has 128 valence electrons. The van der Waals surface area contributed by atoms with Gasteiger partial charge in [-0.3, -0.25) is 0 Å². The highest BCUT2D eigenvalue weighted by atomic mass is 35.5. The summed E-state index contributed by atoms with van der Waals surface area (Å²) in [6.07, 6.45) is 8.88. The summed E-state index contributed by atoms with van der Waals surface area (Å²) in [6, 6.07) is 1.83. The maximum atomic E-state index is 11.0. The summed E-state index contributed by atoms with van der Waals surface area (Å²) in [7, 11) is 0. The monoisotopic (exact) mass is 349 g/mol. The number of ether oxygens (including phenoxy) is 1. The van der Waals surface area contributed by atoms with E-state index in [9.17, 15) is 4.79 Å². The van der Waals surface area contributed by atoms with E-state index in [1.54, 1.807) is 17.0 Å². The Morgan fingerprint density at radius 1 is 1.38 bits per heavy atom. The van der Waals surface area contributed by atoms with Crippen LogP contribution in [0.15, 0.2) is 28.9 Å². The van der Waals surface area contributed by atoms with Crippen molar-refractivity contribution in [2.45, 2.75) is 38.3 Å². The fourth-order valence-electron chi connectivity index (χ4n) is 3.35. The summed E-state index contributed by atoms with van der Waals surface area (Å²) < 4.78 is 7.58. The van der Waals surface area contributed by atoms with Gasteiger partial charge in [0, 0.05) is 18.7 Å². The molecule has 2 fully saturated rings. The van der Waals surface area contributed by atoms with Crippen LogP contribution in [-0.4, -0.2) is 32.6 Å². The molecule has 1 aromatic rings. The van der Waals surface area contributed by atoms with Crippen molar-refractivity contribution < 1.29 is 14.6 Å². The SMILES string of the molecule is O=C(O)C1=CCC(n2ccc(OCC(C3CC3)C3CC3)n2)N=C1Cl. The van der Waals surface area contributed by atoms with Crippen LogP contribution in [0.1, 0.15) is 38.3 Å². The van der Waals surface area contributed by atoms with Crippen molar-refractivity contribution in [3.63, 3.8) is 0 Å². The summed E-state index contributed by atoms with van der Waals surface area (Å²) in [5.74, 6) is 1.92. The minimum atomic E-state index is -1.06. The van der Waals surface area contributed by atoms with E-state index in [0.29, 0.717) is 18.2 Å². The summed E-state index contributed by atoms with van der Waals surface area (Å²) in [5, 5.41) is 13.5. The molecule has 0 spiro atoms. The van der Waals surface area contributed by atoms with E-state index in [-0.39, 0.29) is 16.9 Å². The minimum absolute atomic E-state index is 0.0132. The Morgan fingerprint density at radius 3 is 2.67 bits per heavy atom. The number of carboxylic acids is 1. The number of nitrogens with zero attached hydrogens (tertiary/aromatic N) is 3. The zero-order chi connectivity index (χ0) is 16.7. The smallest absolute Gasteiger partial charge is 0.338 e. The number of hydrogen-bond acceptors (Lipinski definition) is 4. The highest BCUT2D eigenvalue weighted by Gasteiger charge is 2.41. The highest BCUT2D eigenvalue weighted by molar-refractivity contribution is 6.72. The number of hydrogen-bond donors (Lipinski definition) is 1. The van der Waals surface area contributed by atoms with Crippen LogP contribution < -0.4 is 4.74 Å². The predicted octanol–water partition coefficient (Wildman–Crippen LogP) is 3.25. The molecular formula is C17H20ClN3O3. The molecule has 0 saturated heterocycles. The Balaban J connectivity index is 1.37. The van der Waals surface area contributed by atoms with Crippen molar-refractivity contribution in [3.8, 4) is 5.88 Å². The molecule has 0 amide bonds. The predicted molar refractivity (Wildman–Crippen MR) is 89.3 cm³/mol. The average molecular weight is 350 g/mol. The summed E-state index contributed by atoms with van der Waals surface area (Å²) in [4.78, 5) is 15.2. The van der Waals surface area contributed by atoms with E-state index in [1.807, 2.05) is 6.07 Å². The largest absolute Gasteiger partial charge is 0.478 e. The zero-order valence-corrected chi connectivity index (χ0v) is 14.0. The van der Waals surface area contributed by atoms with Crippen molar-refractivity contribution >= 4 is 22.7 Å². The van der Waals surface area contributed by atoms with Gasteiger partial charge in [-0.1, -0.05) is 17.7 Å². The number of aliphatic imine (C=N–C) groups is 1. The van der Waals surface area contributed by atoms with Gasteiger partial charge in [-0.25, -0.2) is 14.5 Å². The van der Waals surface area contributed by atoms with E-state index in [1.165, 1.54) is 25.7 Å². The molecule has 2 heterocycles. The van der Waals surface area contributed by atoms with Crippen molar-refractivity contribution in [3.05, 3.63) is 23.9 Å². The molecule has 4 rings (SSSR count). The average Bonchev–Trinajstić information content (AvgIpc) is 3.47. The quantitative estimate of drug-likeness (QED) is 0.819. The number of rotatable bonds is 7. The van der Waals surface area contributed by atoms with Crippen molar-refractivity contribution in [2.24, 2.45) is 22.7 Å². The van der Waals surface area contributed by atoms with E-state index in [2.05, 4.69) is 10.1 Å². The van der Waals surface area contributed by atoms with E-state index in [4.69, 9.17) is 21.4 Å². The lowest BCUT2D eigenvalue weighted by Gasteiger charge is -2.17. The number of aromatic nitrogens is 2. The van der Waals surface area contributed by atoms with Gasteiger partial charge in [0.25, 0.3) is 0 Å². The Hall–Kier alpha value is -1.82. The van der Waals surface area contributed by atoms with Gasteiger partial charge in [0.2, 0.25) is 5.88 Å². The molecule has 0 aromatic carbocycles. The van der Waals surface area contributed by atoms with E-state index >= 15 is 0 Å². The van der Waals surface area contributed by atoms with E-state index in [0.717, 1.165) is 18.4 Å². The van der Waals surface area contributed by atoms with Crippen LogP contribution >= 0.6 is 11.6 Å². The molecular weight excluding hydrogens is 330 g/mol. The second-order valence-corrected chi connectivity index (χ2v) is 7.20. The third kappa shape index (κ3) is 3.34.